The molecule has 1 aromatic rings. The summed E-state index contributed by atoms with van der Waals surface area (Å²) < 4.78 is 7.12. The Morgan fingerprint density at radius 3 is 1.50 bits per heavy atom. The molecule has 0 amide bonds. The predicted octanol–water partition coefficient (Wildman–Crippen LogP) is -0.362. The number of nitrogens with zero attached hydrogens (tertiary/aromatic N) is 3. The zero-order valence-electron chi connectivity index (χ0n) is 12.3. The molecule has 1 aromatic carbocycles. The van der Waals surface area contributed by atoms with Crippen molar-refractivity contribution >= 4 is 7.71 Å². The first-order valence-electron chi connectivity index (χ1n) is 5.86. The number of halogens is 1. The fourth-order valence-electron chi connectivity index (χ4n) is 2.33. The summed E-state index contributed by atoms with van der Waals surface area (Å²) in [6, 6.07) is 10.7. The molecule has 5 heteroatoms. The van der Waals surface area contributed by atoms with Gasteiger partial charge in [-0.15, -0.1) is 0 Å². The van der Waals surface area contributed by atoms with Gasteiger partial charge in [0.05, 0.1) is 0 Å². The molecule has 0 spiro atoms. The van der Waals surface area contributed by atoms with E-state index in [1.54, 1.807) is 0 Å². The number of hydrogen-bond acceptors (Lipinski definition) is 3. The Morgan fingerprint density at radius 2 is 1.17 bits per heavy atom. The SMILES string of the molecule is CN(C)[P+](Cc1ccccc1)(N(C)C)N(C)C.[Cl-]. The third-order valence-electron chi connectivity index (χ3n) is 3.16. The molecular weight excluding hydrogens is 265 g/mol. The minimum absolute atomic E-state index is 0. The molecule has 0 fully saturated rings. The van der Waals surface area contributed by atoms with E-state index < -0.39 is 7.71 Å². The molecular formula is C13H25ClN3P. The fourth-order valence-corrected chi connectivity index (χ4v) is 6.02. The summed E-state index contributed by atoms with van der Waals surface area (Å²) in [4.78, 5) is 0. The molecule has 3 nitrogen and oxygen atoms in total. The first kappa shape index (κ1) is 17.8. The zero-order valence-corrected chi connectivity index (χ0v) is 13.9. The minimum Gasteiger partial charge on any atom is -1.00 e. The molecule has 18 heavy (non-hydrogen) atoms. The van der Waals surface area contributed by atoms with Gasteiger partial charge in [-0.05, 0) is 5.56 Å². The predicted molar refractivity (Wildman–Crippen MR) is 78.1 cm³/mol. The molecule has 0 unspecified atom stereocenters. The molecule has 0 aliphatic heterocycles. The van der Waals surface area contributed by atoms with Crippen LogP contribution in [0, 0.1) is 0 Å². The smallest absolute Gasteiger partial charge is 0.230 e. The Labute approximate surface area is 119 Å². The van der Waals surface area contributed by atoms with Gasteiger partial charge in [-0.2, -0.15) is 14.0 Å². The van der Waals surface area contributed by atoms with Crippen molar-refractivity contribution in [1.29, 1.82) is 0 Å². The summed E-state index contributed by atoms with van der Waals surface area (Å²) in [6.07, 6.45) is 1.08. The van der Waals surface area contributed by atoms with Crippen molar-refractivity contribution in [2.45, 2.75) is 6.16 Å². The molecule has 0 atom stereocenters. The second kappa shape index (κ2) is 7.42. The average molecular weight is 290 g/mol. The first-order valence-corrected chi connectivity index (χ1v) is 7.70. The lowest BCUT2D eigenvalue weighted by molar-refractivity contribution is -0.00000387. The van der Waals surface area contributed by atoms with E-state index in [1.165, 1.54) is 5.56 Å². The van der Waals surface area contributed by atoms with Crippen LogP contribution in [0.15, 0.2) is 30.3 Å². The van der Waals surface area contributed by atoms with Crippen molar-refractivity contribution in [3.63, 3.8) is 0 Å². The van der Waals surface area contributed by atoms with Gasteiger partial charge in [-0.25, -0.2) is 0 Å². The quantitative estimate of drug-likeness (QED) is 0.686. The van der Waals surface area contributed by atoms with Crippen LogP contribution in [0.1, 0.15) is 5.56 Å². The topological polar surface area (TPSA) is 9.72 Å². The van der Waals surface area contributed by atoms with E-state index in [0.717, 1.165) is 6.16 Å². The highest BCUT2D eigenvalue weighted by Gasteiger charge is 2.47. The average Bonchev–Trinajstić information content (AvgIpc) is 2.25. The van der Waals surface area contributed by atoms with E-state index in [0.29, 0.717) is 0 Å². The molecule has 0 saturated heterocycles. The van der Waals surface area contributed by atoms with E-state index in [4.69, 9.17) is 0 Å². The highest BCUT2D eigenvalue weighted by Crippen LogP contribution is 2.65. The van der Waals surface area contributed by atoms with Gasteiger partial charge >= 0.3 is 0 Å². The van der Waals surface area contributed by atoms with Crippen LogP contribution < -0.4 is 12.4 Å². The van der Waals surface area contributed by atoms with Gasteiger partial charge in [0.25, 0.3) is 0 Å². The van der Waals surface area contributed by atoms with Crippen molar-refractivity contribution < 1.29 is 12.4 Å². The molecule has 0 aliphatic rings. The van der Waals surface area contributed by atoms with Gasteiger partial charge in [-0.3, -0.25) is 0 Å². The third-order valence-corrected chi connectivity index (χ3v) is 7.79. The second-order valence-electron chi connectivity index (χ2n) is 4.88. The van der Waals surface area contributed by atoms with Crippen LogP contribution in [0.3, 0.4) is 0 Å². The van der Waals surface area contributed by atoms with E-state index >= 15 is 0 Å². The Balaban J connectivity index is 0.00000289. The lowest BCUT2D eigenvalue weighted by Crippen LogP contribution is -3.00. The van der Waals surface area contributed by atoms with E-state index in [2.05, 4.69) is 86.6 Å². The fraction of sp³-hybridized carbons (Fsp3) is 0.538. The van der Waals surface area contributed by atoms with Gasteiger partial charge in [0, 0.05) is 42.3 Å². The Bertz CT molecular complexity index is 320. The molecule has 0 N–H and O–H groups in total. The lowest BCUT2D eigenvalue weighted by atomic mass is 10.2. The molecule has 0 radical (unpaired) electrons. The summed E-state index contributed by atoms with van der Waals surface area (Å²) in [7, 11) is 11.6. The number of rotatable bonds is 5. The monoisotopic (exact) mass is 289 g/mol. The van der Waals surface area contributed by atoms with Crippen LogP contribution in [-0.4, -0.2) is 56.3 Å². The van der Waals surface area contributed by atoms with Crippen molar-refractivity contribution in [3.8, 4) is 0 Å². The summed E-state index contributed by atoms with van der Waals surface area (Å²) >= 11 is 0. The molecule has 0 aliphatic carbocycles. The maximum Gasteiger partial charge on any atom is 0.230 e. The summed E-state index contributed by atoms with van der Waals surface area (Å²) in [5.74, 6) is 0. The maximum atomic E-state index is 2.38. The van der Waals surface area contributed by atoms with Crippen LogP contribution in [0.2, 0.25) is 0 Å². The van der Waals surface area contributed by atoms with Crippen molar-refractivity contribution in [2.24, 2.45) is 0 Å². The lowest BCUT2D eigenvalue weighted by Gasteiger charge is -2.40. The van der Waals surface area contributed by atoms with Crippen molar-refractivity contribution in [2.75, 3.05) is 42.3 Å². The largest absolute Gasteiger partial charge is 1.00 e. The van der Waals surface area contributed by atoms with Gasteiger partial charge in [0.15, 0.2) is 0 Å². The Kier molecular flexibility index (Phi) is 7.34. The third kappa shape index (κ3) is 3.66. The van der Waals surface area contributed by atoms with Crippen LogP contribution in [0.25, 0.3) is 0 Å². The molecule has 0 saturated carbocycles. The molecule has 0 aromatic heterocycles. The van der Waals surface area contributed by atoms with Crippen LogP contribution in [-0.2, 0) is 6.16 Å². The molecule has 0 heterocycles. The van der Waals surface area contributed by atoms with Gasteiger partial charge < -0.3 is 12.4 Å². The number of hydrogen-bond donors (Lipinski definition) is 0. The van der Waals surface area contributed by atoms with E-state index in [-0.39, 0.29) is 12.4 Å². The molecule has 104 valence electrons. The van der Waals surface area contributed by atoms with Crippen molar-refractivity contribution in [1.82, 2.24) is 14.0 Å². The van der Waals surface area contributed by atoms with Crippen molar-refractivity contribution in [3.05, 3.63) is 35.9 Å². The normalized spacial score (nSPS) is 12.1. The van der Waals surface area contributed by atoms with Gasteiger partial charge in [-0.1, -0.05) is 30.3 Å². The maximum absolute atomic E-state index is 2.38. The van der Waals surface area contributed by atoms with Gasteiger partial charge in [0.2, 0.25) is 7.71 Å². The van der Waals surface area contributed by atoms with E-state index in [1.807, 2.05) is 0 Å². The van der Waals surface area contributed by atoms with Gasteiger partial charge in [0.1, 0.15) is 6.16 Å². The van der Waals surface area contributed by atoms with E-state index in [9.17, 15) is 0 Å². The number of benzene rings is 1. The first-order chi connectivity index (χ1) is 7.91. The van der Waals surface area contributed by atoms with Crippen LogP contribution >= 0.6 is 7.71 Å². The summed E-state index contributed by atoms with van der Waals surface area (Å²) in [6.45, 7) is 0. The highest BCUT2D eigenvalue weighted by atomic mass is 35.5. The summed E-state index contributed by atoms with van der Waals surface area (Å²) in [5.41, 5.74) is 1.40. The second-order valence-corrected chi connectivity index (χ2v) is 8.98. The zero-order chi connectivity index (χ0) is 13.1. The Hall–Kier alpha value is -0.180. The Morgan fingerprint density at radius 1 is 0.778 bits per heavy atom. The summed E-state index contributed by atoms with van der Waals surface area (Å²) in [5, 5.41) is 0. The van der Waals surface area contributed by atoms with Crippen LogP contribution in [0.5, 0.6) is 0 Å². The molecule has 0 bridgehead atoms. The highest BCUT2D eigenvalue weighted by molar-refractivity contribution is 7.68. The standard InChI is InChI=1S/C13H25N3P.ClH/c1-14(2)17(15(3)4,16(5)6)12-13-10-8-7-9-11-13;/h7-11H,12H2,1-6H3;1H/q+1;/p-1. The van der Waals surface area contributed by atoms with Crippen LogP contribution in [0.4, 0.5) is 0 Å². The molecule has 1 rings (SSSR count). The minimum atomic E-state index is -1.43.